The number of hydrogen-bond acceptors (Lipinski definition) is 4. The lowest BCUT2D eigenvalue weighted by Crippen LogP contribution is -2.46. The van der Waals surface area contributed by atoms with E-state index in [1.165, 1.54) is 18.8 Å². The van der Waals surface area contributed by atoms with E-state index in [4.69, 9.17) is 5.73 Å². The molecular weight excluding hydrogens is 216 g/mol. The number of nitrogens with zero attached hydrogens (tertiary/aromatic N) is 3. The maximum atomic E-state index is 12.2. The van der Waals surface area contributed by atoms with Crippen LogP contribution in [0.15, 0.2) is 12.4 Å². The molecule has 1 aromatic rings. The van der Waals surface area contributed by atoms with Crippen LogP contribution in [-0.4, -0.2) is 33.4 Å². The first-order chi connectivity index (χ1) is 8.09. The van der Waals surface area contributed by atoms with Crippen LogP contribution in [0, 0.1) is 5.92 Å². The minimum absolute atomic E-state index is 0.0449. The molecule has 5 nitrogen and oxygen atoms in total. The maximum Gasteiger partial charge on any atom is 0.274 e. The molecule has 2 heterocycles. The van der Waals surface area contributed by atoms with Crippen molar-refractivity contribution in [3.8, 4) is 0 Å². The van der Waals surface area contributed by atoms with Crippen molar-refractivity contribution in [3.63, 3.8) is 0 Å². The fraction of sp³-hybridized carbons (Fsp3) is 0.583. The van der Waals surface area contributed by atoms with Crippen LogP contribution in [0.1, 0.15) is 37.2 Å². The average Bonchev–Trinajstić information content (AvgIpc) is 2.33. The molecule has 2 N–H and O–H groups in total. The fourth-order valence-electron chi connectivity index (χ4n) is 2.22. The maximum absolute atomic E-state index is 12.2. The molecule has 0 aliphatic carbocycles. The Hall–Kier alpha value is -1.65. The summed E-state index contributed by atoms with van der Waals surface area (Å²) in [6, 6.07) is 0.260. The summed E-state index contributed by atoms with van der Waals surface area (Å²) in [6.07, 6.45) is 5.10. The third-order valence-electron chi connectivity index (χ3n) is 3.53. The van der Waals surface area contributed by atoms with Gasteiger partial charge < -0.3 is 10.6 Å². The van der Waals surface area contributed by atoms with Crippen LogP contribution in [0.5, 0.6) is 0 Å². The molecule has 92 valence electrons. The van der Waals surface area contributed by atoms with Gasteiger partial charge in [-0.05, 0) is 25.7 Å². The molecule has 0 radical (unpaired) electrons. The van der Waals surface area contributed by atoms with E-state index in [0.29, 0.717) is 17.4 Å². The molecule has 5 heteroatoms. The quantitative estimate of drug-likeness (QED) is 0.795. The van der Waals surface area contributed by atoms with E-state index in [9.17, 15) is 4.79 Å². The highest BCUT2D eigenvalue weighted by Crippen LogP contribution is 2.23. The molecule has 2 unspecified atom stereocenters. The predicted molar refractivity (Wildman–Crippen MR) is 65.3 cm³/mol. The molecule has 0 saturated carbocycles. The summed E-state index contributed by atoms with van der Waals surface area (Å²) in [5.74, 6) is 0.826. The first-order valence-electron chi connectivity index (χ1n) is 5.98. The van der Waals surface area contributed by atoms with Crippen LogP contribution in [0.2, 0.25) is 0 Å². The van der Waals surface area contributed by atoms with Crippen molar-refractivity contribution in [1.82, 2.24) is 14.9 Å². The van der Waals surface area contributed by atoms with Crippen molar-refractivity contribution >= 4 is 11.7 Å². The van der Waals surface area contributed by atoms with Gasteiger partial charge in [0.25, 0.3) is 5.91 Å². The second-order valence-corrected chi connectivity index (χ2v) is 4.69. The van der Waals surface area contributed by atoms with Crippen molar-refractivity contribution in [2.75, 3.05) is 12.3 Å². The minimum Gasteiger partial charge on any atom is -0.382 e. The number of rotatable bonds is 1. The van der Waals surface area contributed by atoms with Gasteiger partial charge in [0, 0.05) is 12.6 Å². The van der Waals surface area contributed by atoms with Crippen LogP contribution in [0.4, 0.5) is 5.82 Å². The number of likely N-dealkylation sites (tertiary alicyclic amines) is 1. The van der Waals surface area contributed by atoms with Crippen molar-refractivity contribution in [3.05, 3.63) is 18.1 Å². The number of amides is 1. The van der Waals surface area contributed by atoms with E-state index in [2.05, 4.69) is 23.8 Å². The third-order valence-corrected chi connectivity index (χ3v) is 3.53. The van der Waals surface area contributed by atoms with Gasteiger partial charge >= 0.3 is 0 Å². The summed E-state index contributed by atoms with van der Waals surface area (Å²) in [5.41, 5.74) is 5.83. The Labute approximate surface area is 101 Å². The van der Waals surface area contributed by atoms with E-state index in [-0.39, 0.29) is 11.9 Å². The van der Waals surface area contributed by atoms with Crippen LogP contribution in [-0.2, 0) is 0 Å². The molecule has 2 atom stereocenters. The molecule has 1 fully saturated rings. The van der Waals surface area contributed by atoms with Gasteiger partial charge in [0.15, 0.2) is 0 Å². The monoisotopic (exact) mass is 234 g/mol. The summed E-state index contributed by atoms with van der Waals surface area (Å²) < 4.78 is 0. The molecular formula is C12H18N4O. The zero-order chi connectivity index (χ0) is 12.4. The summed E-state index contributed by atoms with van der Waals surface area (Å²) in [4.78, 5) is 22.1. The van der Waals surface area contributed by atoms with Crippen LogP contribution < -0.4 is 5.73 Å². The predicted octanol–water partition coefficient (Wildman–Crippen LogP) is 1.32. The molecule has 1 aliphatic heterocycles. The number of anilines is 1. The standard InChI is InChI=1S/C12H18N4O/c1-8-4-3-5-16(9(8)2)12(17)10-6-15-11(13)7-14-10/h6-9H,3-5H2,1-2H3,(H2,13,15). The van der Waals surface area contributed by atoms with Gasteiger partial charge in [-0.2, -0.15) is 0 Å². The lowest BCUT2D eigenvalue weighted by Gasteiger charge is -2.37. The molecule has 0 bridgehead atoms. The molecule has 1 aliphatic rings. The highest BCUT2D eigenvalue weighted by atomic mass is 16.2. The first-order valence-corrected chi connectivity index (χ1v) is 5.98. The van der Waals surface area contributed by atoms with Gasteiger partial charge in [-0.15, -0.1) is 0 Å². The van der Waals surface area contributed by atoms with E-state index >= 15 is 0 Å². The molecule has 0 aromatic carbocycles. The molecule has 0 spiro atoms. The number of hydrogen-bond donors (Lipinski definition) is 1. The minimum atomic E-state index is -0.0449. The number of piperidine rings is 1. The second-order valence-electron chi connectivity index (χ2n) is 4.69. The van der Waals surface area contributed by atoms with Crippen molar-refractivity contribution in [2.24, 2.45) is 5.92 Å². The number of carbonyl (C=O) groups is 1. The Morgan fingerprint density at radius 2 is 2.18 bits per heavy atom. The SMILES string of the molecule is CC1CCCN(C(=O)c2cnc(N)cn2)C1C. The molecule has 17 heavy (non-hydrogen) atoms. The van der Waals surface area contributed by atoms with Crippen LogP contribution in [0.25, 0.3) is 0 Å². The van der Waals surface area contributed by atoms with E-state index in [1.807, 2.05) is 4.90 Å². The van der Waals surface area contributed by atoms with Gasteiger partial charge in [-0.3, -0.25) is 4.79 Å². The first kappa shape index (κ1) is 11.8. The van der Waals surface area contributed by atoms with Gasteiger partial charge in [0.2, 0.25) is 0 Å². The Morgan fingerprint density at radius 3 is 2.82 bits per heavy atom. The Morgan fingerprint density at radius 1 is 1.41 bits per heavy atom. The van der Waals surface area contributed by atoms with Gasteiger partial charge in [0.1, 0.15) is 11.5 Å². The van der Waals surface area contributed by atoms with Gasteiger partial charge in [-0.25, -0.2) is 9.97 Å². The topological polar surface area (TPSA) is 72.1 Å². The van der Waals surface area contributed by atoms with Crippen LogP contribution in [0.3, 0.4) is 0 Å². The Balaban J connectivity index is 2.16. The van der Waals surface area contributed by atoms with Crippen molar-refractivity contribution < 1.29 is 4.79 Å². The molecule has 1 aromatic heterocycles. The van der Waals surface area contributed by atoms with E-state index in [1.54, 1.807) is 0 Å². The largest absolute Gasteiger partial charge is 0.382 e. The van der Waals surface area contributed by atoms with E-state index in [0.717, 1.165) is 13.0 Å². The van der Waals surface area contributed by atoms with Gasteiger partial charge in [-0.1, -0.05) is 6.92 Å². The highest BCUT2D eigenvalue weighted by molar-refractivity contribution is 5.92. The molecule has 1 amide bonds. The van der Waals surface area contributed by atoms with Gasteiger partial charge in [0.05, 0.1) is 12.4 Å². The summed E-state index contributed by atoms with van der Waals surface area (Å²) >= 11 is 0. The number of nitrogens with two attached hydrogens (primary N) is 1. The van der Waals surface area contributed by atoms with E-state index < -0.39 is 0 Å². The lowest BCUT2D eigenvalue weighted by molar-refractivity contribution is 0.0544. The lowest BCUT2D eigenvalue weighted by atomic mass is 9.92. The van der Waals surface area contributed by atoms with Crippen molar-refractivity contribution in [2.45, 2.75) is 32.7 Å². The van der Waals surface area contributed by atoms with Crippen molar-refractivity contribution in [1.29, 1.82) is 0 Å². The summed E-state index contributed by atoms with van der Waals surface area (Å²) in [5, 5.41) is 0. The zero-order valence-electron chi connectivity index (χ0n) is 10.3. The molecule has 2 rings (SSSR count). The number of aromatic nitrogens is 2. The fourth-order valence-corrected chi connectivity index (χ4v) is 2.22. The summed E-state index contributed by atoms with van der Waals surface area (Å²) in [6.45, 7) is 5.07. The second kappa shape index (κ2) is 4.69. The normalized spacial score (nSPS) is 24.7. The average molecular weight is 234 g/mol. The third kappa shape index (κ3) is 2.38. The van der Waals surface area contributed by atoms with Crippen LogP contribution >= 0.6 is 0 Å². The molecule has 1 saturated heterocycles. The zero-order valence-corrected chi connectivity index (χ0v) is 10.3. The highest BCUT2D eigenvalue weighted by Gasteiger charge is 2.29. The Kier molecular flexibility index (Phi) is 3.26. The summed E-state index contributed by atoms with van der Waals surface area (Å²) in [7, 11) is 0. The number of nitrogen functional groups attached to an aromatic ring is 1. The Bertz CT molecular complexity index is 403. The smallest absolute Gasteiger partial charge is 0.274 e. The number of carbonyl (C=O) groups excluding carboxylic acids is 1.